The zero-order valence-corrected chi connectivity index (χ0v) is 21.3. The molecule has 0 bridgehead atoms. The smallest absolute Gasteiger partial charge is 0.283 e. The first-order valence-corrected chi connectivity index (χ1v) is 12.5. The van der Waals surface area contributed by atoms with Gasteiger partial charge in [0.25, 0.3) is 5.91 Å². The molecule has 0 aromatic heterocycles. The summed E-state index contributed by atoms with van der Waals surface area (Å²) in [5.74, 6) is 0.608. The molecule has 6 nitrogen and oxygen atoms in total. The van der Waals surface area contributed by atoms with Crippen LogP contribution in [0.5, 0.6) is 11.5 Å². The summed E-state index contributed by atoms with van der Waals surface area (Å²) in [6.45, 7) is 0.231. The lowest BCUT2D eigenvalue weighted by Gasteiger charge is -2.27. The highest BCUT2D eigenvalue weighted by molar-refractivity contribution is 8.17. The van der Waals surface area contributed by atoms with E-state index in [0.717, 1.165) is 16.8 Å². The molecule has 3 aromatic carbocycles. The van der Waals surface area contributed by atoms with Crippen molar-refractivity contribution in [3.8, 4) is 11.5 Å². The van der Waals surface area contributed by atoms with E-state index < -0.39 is 5.91 Å². The number of nitrogens with zero attached hydrogens (tertiary/aromatic N) is 2. The zero-order valence-electron chi connectivity index (χ0n) is 19.0. The summed E-state index contributed by atoms with van der Waals surface area (Å²) in [5, 5.41) is 12.2. The Labute approximate surface area is 222 Å². The van der Waals surface area contributed by atoms with Crippen molar-refractivity contribution < 1.29 is 14.3 Å². The molecule has 2 heterocycles. The minimum atomic E-state index is -0.460. The number of thioether (sulfide) groups is 1. The van der Waals surface area contributed by atoms with Crippen molar-refractivity contribution in [2.45, 2.75) is 6.61 Å². The number of rotatable bonds is 6. The van der Waals surface area contributed by atoms with Gasteiger partial charge in [0.15, 0.2) is 16.7 Å². The highest BCUT2D eigenvalue weighted by Gasteiger charge is 2.36. The van der Waals surface area contributed by atoms with Crippen molar-refractivity contribution in [1.29, 1.82) is 5.41 Å². The van der Waals surface area contributed by atoms with E-state index in [2.05, 4.69) is 4.99 Å². The normalized spacial score (nSPS) is 16.1. The van der Waals surface area contributed by atoms with E-state index in [-0.39, 0.29) is 18.0 Å². The molecule has 0 spiro atoms. The monoisotopic (exact) mass is 535 g/mol. The third kappa shape index (κ3) is 4.78. The van der Waals surface area contributed by atoms with E-state index in [4.69, 9.17) is 38.1 Å². The first-order valence-electron chi connectivity index (χ1n) is 10.9. The van der Waals surface area contributed by atoms with E-state index in [9.17, 15) is 4.79 Å². The number of amidine groups is 2. The molecule has 9 heteroatoms. The van der Waals surface area contributed by atoms with E-state index in [1.807, 2.05) is 35.7 Å². The van der Waals surface area contributed by atoms with Crippen LogP contribution in [-0.2, 0) is 11.4 Å². The number of carbonyl (C=O) groups excluding carboxylic acids is 1. The molecule has 3 aromatic rings. The molecule has 180 valence electrons. The Morgan fingerprint density at radius 2 is 1.86 bits per heavy atom. The number of halogens is 2. The molecule has 2 aliphatic heterocycles. The van der Waals surface area contributed by atoms with Crippen molar-refractivity contribution in [3.05, 3.63) is 104 Å². The number of nitrogens with one attached hydrogen (secondary N) is 1. The van der Waals surface area contributed by atoms with Gasteiger partial charge < -0.3 is 9.47 Å². The van der Waals surface area contributed by atoms with Gasteiger partial charge in [-0.25, -0.2) is 0 Å². The van der Waals surface area contributed by atoms with Crippen LogP contribution < -0.4 is 9.47 Å². The van der Waals surface area contributed by atoms with Gasteiger partial charge in [-0.3, -0.25) is 15.1 Å². The van der Waals surface area contributed by atoms with Crippen LogP contribution in [0.2, 0.25) is 10.0 Å². The van der Waals surface area contributed by atoms with Gasteiger partial charge in [-0.05, 0) is 41.5 Å². The topological polar surface area (TPSA) is 75.0 Å². The van der Waals surface area contributed by atoms with Crippen LogP contribution in [0.3, 0.4) is 0 Å². The summed E-state index contributed by atoms with van der Waals surface area (Å²) in [6, 6.07) is 20.2. The van der Waals surface area contributed by atoms with Crippen LogP contribution in [-0.4, -0.2) is 28.9 Å². The maximum atomic E-state index is 12.8. The third-order valence-corrected chi connectivity index (χ3v) is 6.99. The number of methoxy groups -OCH3 is 1. The molecule has 36 heavy (non-hydrogen) atoms. The fourth-order valence-electron chi connectivity index (χ4n) is 3.77. The van der Waals surface area contributed by atoms with Gasteiger partial charge in [-0.1, -0.05) is 77.4 Å². The Hall–Kier alpha value is -3.52. The third-order valence-electron chi connectivity index (χ3n) is 5.58. The first-order chi connectivity index (χ1) is 17.4. The SMILES string of the molecule is COc1cc(/C=C2/C(=N)N3C(c4ccccc4)=CSC3=NC2=O)ccc1OCc1ccc(Cl)cc1Cl. The Morgan fingerprint density at radius 3 is 2.61 bits per heavy atom. The molecule has 0 aliphatic carbocycles. The van der Waals surface area contributed by atoms with Crippen LogP contribution in [0.1, 0.15) is 16.7 Å². The Morgan fingerprint density at radius 1 is 1.06 bits per heavy atom. The molecule has 2 aliphatic rings. The minimum Gasteiger partial charge on any atom is -0.493 e. The second-order valence-electron chi connectivity index (χ2n) is 7.86. The largest absolute Gasteiger partial charge is 0.493 e. The van der Waals surface area contributed by atoms with E-state index in [0.29, 0.717) is 32.3 Å². The number of fused-ring (bicyclic) bond motifs is 1. The van der Waals surface area contributed by atoms with Crippen LogP contribution in [0.25, 0.3) is 11.8 Å². The number of aliphatic imine (C=N–C) groups is 1. The minimum absolute atomic E-state index is 0.0711. The molecule has 0 atom stereocenters. The molecule has 0 fully saturated rings. The average Bonchev–Trinajstić information content (AvgIpc) is 3.31. The number of amides is 1. The number of ether oxygens (including phenoxy) is 2. The Balaban J connectivity index is 1.40. The van der Waals surface area contributed by atoms with Gasteiger partial charge in [-0.15, -0.1) is 0 Å². The Kier molecular flexibility index (Phi) is 6.87. The van der Waals surface area contributed by atoms with Crippen LogP contribution in [0.15, 0.2) is 82.7 Å². The van der Waals surface area contributed by atoms with Crippen LogP contribution >= 0.6 is 35.0 Å². The number of benzene rings is 3. The van der Waals surface area contributed by atoms with E-state index >= 15 is 0 Å². The summed E-state index contributed by atoms with van der Waals surface area (Å²) in [5.41, 5.74) is 3.40. The van der Waals surface area contributed by atoms with Gasteiger partial charge in [0.1, 0.15) is 12.4 Å². The van der Waals surface area contributed by atoms with Gasteiger partial charge >= 0.3 is 0 Å². The second kappa shape index (κ2) is 10.2. The van der Waals surface area contributed by atoms with E-state index in [1.165, 1.54) is 18.9 Å². The van der Waals surface area contributed by atoms with Crippen molar-refractivity contribution in [2.75, 3.05) is 7.11 Å². The maximum Gasteiger partial charge on any atom is 0.283 e. The lowest BCUT2D eigenvalue weighted by molar-refractivity contribution is -0.114. The summed E-state index contributed by atoms with van der Waals surface area (Å²) < 4.78 is 11.4. The quantitative estimate of drug-likeness (QED) is 0.348. The van der Waals surface area contributed by atoms with Gasteiger partial charge in [0.05, 0.1) is 18.4 Å². The molecule has 1 amide bonds. The predicted molar refractivity (Wildman–Crippen MR) is 146 cm³/mol. The standard InChI is InChI=1S/C27H19Cl2N3O3S/c1-34-24-12-16(7-10-23(24)35-14-18-8-9-19(28)13-21(18)29)11-20-25(30)32-22(17-5-3-2-4-6-17)15-36-27(32)31-26(20)33/h2-13,15,30H,14H2,1H3/b20-11-,30-25?. The second-order valence-corrected chi connectivity index (χ2v) is 9.54. The molecule has 0 saturated heterocycles. The van der Waals surface area contributed by atoms with Crippen molar-refractivity contribution in [3.63, 3.8) is 0 Å². The molecule has 1 N–H and O–H groups in total. The summed E-state index contributed by atoms with van der Waals surface area (Å²) in [4.78, 5) is 18.7. The number of hydrogen-bond acceptors (Lipinski definition) is 5. The summed E-state index contributed by atoms with van der Waals surface area (Å²) in [6.07, 6.45) is 1.64. The van der Waals surface area contributed by atoms with Gasteiger partial charge in [0, 0.05) is 21.0 Å². The highest BCUT2D eigenvalue weighted by Crippen LogP contribution is 2.38. The molecule has 0 saturated carbocycles. The average molecular weight is 536 g/mol. The van der Waals surface area contributed by atoms with Crippen LogP contribution in [0, 0.1) is 5.41 Å². The molecular weight excluding hydrogens is 517 g/mol. The number of carbonyl (C=O) groups is 1. The highest BCUT2D eigenvalue weighted by atomic mass is 35.5. The van der Waals surface area contributed by atoms with E-state index in [1.54, 1.807) is 47.4 Å². The molecule has 0 unspecified atom stereocenters. The molecule has 0 radical (unpaired) electrons. The number of hydrogen-bond donors (Lipinski definition) is 1. The van der Waals surface area contributed by atoms with Crippen molar-refractivity contribution in [1.82, 2.24) is 4.90 Å². The summed E-state index contributed by atoms with van der Waals surface area (Å²) in [7, 11) is 1.54. The Bertz CT molecular complexity index is 1470. The van der Waals surface area contributed by atoms with Gasteiger partial charge in [0.2, 0.25) is 0 Å². The van der Waals surface area contributed by atoms with Crippen molar-refractivity contribution >= 4 is 63.6 Å². The fourth-order valence-corrected chi connectivity index (χ4v) is 5.12. The maximum absolute atomic E-state index is 12.8. The molecular formula is C27H19Cl2N3O3S. The molecule has 5 rings (SSSR count). The summed E-state index contributed by atoms with van der Waals surface area (Å²) >= 11 is 13.5. The lowest BCUT2D eigenvalue weighted by Crippen LogP contribution is -2.38. The van der Waals surface area contributed by atoms with Crippen molar-refractivity contribution in [2.24, 2.45) is 4.99 Å². The lowest BCUT2D eigenvalue weighted by atomic mass is 10.1. The van der Waals surface area contributed by atoms with Gasteiger partial charge in [-0.2, -0.15) is 4.99 Å². The first kappa shape index (κ1) is 24.2. The zero-order chi connectivity index (χ0) is 25.2. The van der Waals surface area contributed by atoms with Crippen LogP contribution in [0.4, 0.5) is 0 Å². The predicted octanol–water partition coefficient (Wildman–Crippen LogP) is 6.89. The fraction of sp³-hybridized carbons (Fsp3) is 0.0741.